The van der Waals surface area contributed by atoms with Crippen LogP contribution in [0.3, 0.4) is 0 Å². The third kappa shape index (κ3) is 3.84. The molecule has 0 atom stereocenters. The average Bonchev–Trinajstić information content (AvgIpc) is 2.55. The number of para-hydroxylation sites is 1. The minimum absolute atomic E-state index is 0.991. The van der Waals surface area contributed by atoms with Crippen molar-refractivity contribution in [2.24, 2.45) is 0 Å². The summed E-state index contributed by atoms with van der Waals surface area (Å²) in [4.78, 5) is 0. The number of methoxy groups -OCH3 is 1. The molecule has 0 radical (unpaired) electrons. The van der Waals surface area contributed by atoms with E-state index in [1.54, 1.807) is 7.11 Å². The lowest BCUT2D eigenvalue weighted by Gasteiger charge is -2.15. The predicted molar refractivity (Wildman–Crippen MR) is 84.2 cm³/mol. The number of nitrogens with one attached hydrogen (secondary N) is 1. The molecule has 0 spiro atoms. The molecule has 1 heterocycles. The Morgan fingerprint density at radius 3 is 2.35 bits per heavy atom. The Bertz CT molecular complexity index is 457. The van der Waals surface area contributed by atoms with Gasteiger partial charge >= 0.3 is 0 Å². The highest BCUT2D eigenvalue weighted by atomic mass is 16.5. The summed E-state index contributed by atoms with van der Waals surface area (Å²) in [6, 6.07) is 16.7. The van der Waals surface area contributed by atoms with Gasteiger partial charge in [0.1, 0.15) is 5.75 Å². The number of rotatable bonds is 2. The molecule has 0 saturated heterocycles. The molecule has 2 nitrogen and oxygen atoms in total. The molecular formula is C18H23NO. The van der Waals surface area contributed by atoms with E-state index >= 15 is 0 Å². The van der Waals surface area contributed by atoms with E-state index in [0.29, 0.717) is 0 Å². The van der Waals surface area contributed by atoms with Crippen LogP contribution in [0.25, 0.3) is 0 Å². The molecule has 1 aliphatic rings. The third-order valence-corrected chi connectivity index (χ3v) is 3.58. The van der Waals surface area contributed by atoms with Gasteiger partial charge in [0, 0.05) is 6.54 Å². The van der Waals surface area contributed by atoms with Crippen molar-refractivity contribution in [3.05, 3.63) is 65.2 Å². The number of aryl methyl sites for hydroxylation is 1. The Labute approximate surface area is 121 Å². The Morgan fingerprint density at radius 1 is 1.00 bits per heavy atom. The summed E-state index contributed by atoms with van der Waals surface area (Å²) in [6.45, 7) is 4.31. The highest BCUT2D eigenvalue weighted by Crippen LogP contribution is 2.16. The maximum Gasteiger partial charge on any atom is 0.122 e. The van der Waals surface area contributed by atoms with Crippen LogP contribution in [0.4, 0.5) is 0 Å². The van der Waals surface area contributed by atoms with Crippen LogP contribution in [0.5, 0.6) is 5.75 Å². The third-order valence-electron chi connectivity index (χ3n) is 3.58. The van der Waals surface area contributed by atoms with Gasteiger partial charge in [-0.1, -0.05) is 49.4 Å². The van der Waals surface area contributed by atoms with E-state index in [4.69, 9.17) is 4.74 Å². The molecule has 0 aromatic heterocycles. The number of benzene rings is 2. The van der Waals surface area contributed by atoms with Crippen LogP contribution >= 0.6 is 0 Å². The molecule has 20 heavy (non-hydrogen) atoms. The maximum atomic E-state index is 5.14. The average molecular weight is 269 g/mol. The molecule has 0 amide bonds. The molecule has 0 aliphatic carbocycles. The van der Waals surface area contributed by atoms with Gasteiger partial charge in [-0.05, 0) is 42.1 Å². The van der Waals surface area contributed by atoms with E-state index in [1.165, 1.54) is 23.1 Å². The predicted octanol–water partition coefficient (Wildman–Crippen LogP) is 3.59. The number of fused-ring (bicyclic) bond motifs is 1. The molecule has 0 fully saturated rings. The van der Waals surface area contributed by atoms with Gasteiger partial charge < -0.3 is 10.1 Å². The van der Waals surface area contributed by atoms with Crippen LogP contribution < -0.4 is 10.1 Å². The minimum Gasteiger partial charge on any atom is -0.496 e. The van der Waals surface area contributed by atoms with Crippen molar-refractivity contribution in [2.75, 3.05) is 13.7 Å². The van der Waals surface area contributed by atoms with Gasteiger partial charge in [-0.3, -0.25) is 0 Å². The highest BCUT2D eigenvalue weighted by molar-refractivity contribution is 5.32. The Hall–Kier alpha value is -1.80. The van der Waals surface area contributed by atoms with Crippen molar-refractivity contribution < 1.29 is 4.74 Å². The monoisotopic (exact) mass is 269 g/mol. The van der Waals surface area contributed by atoms with Crippen LogP contribution in [0.2, 0.25) is 0 Å². The first-order valence-electron chi connectivity index (χ1n) is 7.24. The number of hydrogen-bond acceptors (Lipinski definition) is 2. The van der Waals surface area contributed by atoms with E-state index in [0.717, 1.165) is 25.3 Å². The van der Waals surface area contributed by atoms with Crippen LogP contribution in [0.15, 0.2) is 48.5 Å². The van der Waals surface area contributed by atoms with Gasteiger partial charge in [0.2, 0.25) is 0 Å². The van der Waals surface area contributed by atoms with Gasteiger partial charge in [-0.2, -0.15) is 0 Å². The molecule has 1 aliphatic heterocycles. The van der Waals surface area contributed by atoms with Crippen LogP contribution in [-0.4, -0.2) is 13.7 Å². The quantitative estimate of drug-likeness (QED) is 0.899. The molecule has 0 unspecified atom stereocenters. The maximum absolute atomic E-state index is 5.14. The second-order valence-corrected chi connectivity index (χ2v) is 4.86. The second-order valence-electron chi connectivity index (χ2n) is 4.86. The normalized spacial score (nSPS) is 12.9. The lowest BCUT2D eigenvalue weighted by Crippen LogP contribution is -2.23. The van der Waals surface area contributed by atoms with Crippen molar-refractivity contribution in [2.45, 2.75) is 26.3 Å². The van der Waals surface area contributed by atoms with Gasteiger partial charge in [0.25, 0.3) is 0 Å². The Balaban J connectivity index is 0.000000147. The van der Waals surface area contributed by atoms with Crippen LogP contribution in [0.1, 0.15) is 23.6 Å². The highest BCUT2D eigenvalue weighted by Gasteiger charge is 2.05. The summed E-state index contributed by atoms with van der Waals surface area (Å²) in [7, 11) is 1.70. The Morgan fingerprint density at radius 2 is 1.70 bits per heavy atom. The summed E-state index contributed by atoms with van der Waals surface area (Å²) in [5.74, 6) is 0.991. The zero-order valence-electron chi connectivity index (χ0n) is 12.4. The summed E-state index contributed by atoms with van der Waals surface area (Å²) in [6.07, 6.45) is 2.22. The smallest absolute Gasteiger partial charge is 0.122 e. The first kappa shape index (κ1) is 14.6. The first-order valence-corrected chi connectivity index (χ1v) is 7.24. The molecule has 0 saturated carbocycles. The minimum atomic E-state index is 0.991. The van der Waals surface area contributed by atoms with Crippen molar-refractivity contribution in [3.63, 3.8) is 0 Å². The molecule has 1 N–H and O–H groups in total. The van der Waals surface area contributed by atoms with E-state index in [2.05, 4.69) is 42.6 Å². The standard InChI is InChI=1S/C9H11N.C9H12O/c1-2-4-9-7-10-6-5-8(9)3-1;1-3-8-6-4-5-7-9(8)10-2/h1-4,10H,5-7H2;4-7H,3H2,1-2H3. The summed E-state index contributed by atoms with van der Waals surface area (Å²) < 4.78 is 5.14. The van der Waals surface area contributed by atoms with Crippen molar-refractivity contribution in [3.8, 4) is 5.75 Å². The number of ether oxygens (including phenoxy) is 1. The van der Waals surface area contributed by atoms with Crippen molar-refractivity contribution in [1.82, 2.24) is 5.32 Å². The van der Waals surface area contributed by atoms with Gasteiger partial charge in [-0.15, -0.1) is 0 Å². The second kappa shape index (κ2) is 7.71. The van der Waals surface area contributed by atoms with Gasteiger partial charge in [-0.25, -0.2) is 0 Å². The summed E-state index contributed by atoms with van der Waals surface area (Å²) in [5, 5.41) is 3.34. The Kier molecular flexibility index (Phi) is 5.63. The number of hydrogen-bond donors (Lipinski definition) is 1. The van der Waals surface area contributed by atoms with E-state index < -0.39 is 0 Å². The van der Waals surface area contributed by atoms with Crippen molar-refractivity contribution >= 4 is 0 Å². The van der Waals surface area contributed by atoms with E-state index in [1.807, 2.05) is 18.2 Å². The zero-order chi connectivity index (χ0) is 14.2. The SMILES string of the molecule is CCc1ccccc1OC.c1ccc2c(c1)CCNC2. The fraction of sp³-hybridized carbons (Fsp3) is 0.333. The van der Waals surface area contributed by atoms with Crippen molar-refractivity contribution in [1.29, 1.82) is 0 Å². The summed E-state index contributed by atoms with van der Waals surface area (Å²) >= 11 is 0. The van der Waals surface area contributed by atoms with Crippen LogP contribution in [-0.2, 0) is 19.4 Å². The largest absolute Gasteiger partial charge is 0.496 e. The first-order chi connectivity index (χ1) is 9.85. The molecule has 2 aromatic rings. The molecule has 2 aromatic carbocycles. The fourth-order valence-electron chi connectivity index (χ4n) is 2.42. The molecule has 3 rings (SSSR count). The fourth-order valence-corrected chi connectivity index (χ4v) is 2.42. The van der Waals surface area contributed by atoms with Crippen LogP contribution in [0, 0.1) is 0 Å². The van der Waals surface area contributed by atoms with Gasteiger partial charge in [0.05, 0.1) is 7.11 Å². The molecular weight excluding hydrogens is 246 g/mol. The molecule has 0 bridgehead atoms. The molecule has 106 valence electrons. The lowest BCUT2D eigenvalue weighted by atomic mass is 10.0. The zero-order valence-corrected chi connectivity index (χ0v) is 12.4. The lowest BCUT2D eigenvalue weighted by molar-refractivity contribution is 0.410. The van der Waals surface area contributed by atoms with E-state index in [-0.39, 0.29) is 0 Å². The topological polar surface area (TPSA) is 21.3 Å². The van der Waals surface area contributed by atoms with Gasteiger partial charge in [0.15, 0.2) is 0 Å². The summed E-state index contributed by atoms with van der Waals surface area (Å²) in [5.41, 5.74) is 4.25. The molecule has 2 heteroatoms. The van der Waals surface area contributed by atoms with E-state index in [9.17, 15) is 0 Å².